The number of benzene rings is 1. The van der Waals surface area contributed by atoms with Crippen LogP contribution in [0.5, 0.6) is 0 Å². The number of aromatic nitrogens is 3. The van der Waals surface area contributed by atoms with Crippen LogP contribution in [0.1, 0.15) is 40.1 Å². The number of amides is 1. The second kappa shape index (κ2) is 8.64. The maximum absolute atomic E-state index is 12.4. The number of H-pyrrole nitrogens is 1. The molecule has 1 atom stereocenters. The lowest BCUT2D eigenvalue weighted by atomic mass is 10.1. The van der Waals surface area contributed by atoms with Crippen molar-refractivity contribution in [2.24, 2.45) is 0 Å². The highest BCUT2D eigenvalue weighted by atomic mass is 16.5. The molecule has 0 radical (unpaired) electrons. The summed E-state index contributed by atoms with van der Waals surface area (Å²) in [6.45, 7) is 5.27. The summed E-state index contributed by atoms with van der Waals surface area (Å²) in [6, 6.07) is 13.8. The van der Waals surface area contributed by atoms with Crippen molar-refractivity contribution >= 4 is 5.91 Å². The third-order valence-electron chi connectivity index (χ3n) is 4.16. The summed E-state index contributed by atoms with van der Waals surface area (Å²) >= 11 is 0. The fraction of sp³-hybridized carbons (Fsp3) is 0.350. The Morgan fingerprint density at radius 3 is 2.74 bits per heavy atom. The molecule has 7 nitrogen and oxygen atoms in total. The van der Waals surface area contributed by atoms with E-state index in [-0.39, 0.29) is 11.9 Å². The number of carbonyl (C=O) groups excluding carboxylic acids is 1. The van der Waals surface area contributed by atoms with Crippen molar-refractivity contribution < 1.29 is 9.32 Å². The molecule has 0 unspecified atom stereocenters. The molecule has 0 fully saturated rings. The van der Waals surface area contributed by atoms with E-state index in [1.807, 2.05) is 45.2 Å². The molecule has 0 aliphatic carbocycles. The first-order valence-corrected chi connectivity index (χ1v) is 8.99. The zero-order valence-corrected chi connectivity index (χ0v) is 15.9. The Morgan fingerprint density at radius 2 is 2.04 bits per heavy atom. The molecule has 2 N–H and O–H groups in total. The van der Waals surface area contributed by atoms with E-state index < -0.39 is 0 Å². The summed E-state index contributed by atoms with van der Waals surface area (Å²) in [5.74, 6) is 0.421. The lowest BCUT2D eigenvalue weighted by Crippen LogP contribution is -2.34. The molecule has 142 valence electrons. The smallest absolute Gasteiger partial charge is 0.273 e. The van der Waals surface area contributed by atoms with E-state index in [1.165, 1.54) is 5.56 Å². The van der Waals surface area contributed by atoms with Crippen molar-refractivity contribution in [3.05, 3.63) is 70.9 Å². The number of carbonyl (C=O) groups is 1. The maximum atomic E-state index is 12.4. The predicted molar refractivity (Wildman–Crippen MR) is 102 cm³/mol. The van der Waals surface area contributed by atoms with Crippen LogP contribution in [0.25, 0.3) is 0 Å². The largest absolute Gasteiger partial charge is 0.359 e. The summed E-state index contributed by atoms with van der Waals surface area (Å²) < 4.78 is 5.33. The first kappa shape index (κ1) is 18.8. The van der Waals surface area contributed by atoms with E-state index in [4.69, 9.17) is 4.52 Å². The Balaban J connectivity index is 1.51. The molecule has 2 heterocycles. The minimum Gasteiger partial charge on any atom is -0.359 e. The van der Waals surface area contributed by atoms with Gasteiger partial charge >= 0.3 is 0 Å². The fourth-order valence-corrected chi connectivity index (χ4v) is 2.95. The monoisotopic (exact) mass is 367 g/mol. The zero-order valence-electron chi connectivity index (χ0n) is 15.9. The van der Waals surface area contributed by atoms with Crippen LogP contribution in [0.2, 0.25) is 0 Å². The Morgan fingerprint density at radius 1 is 1.26 bits per heavy atom. The van der Waals surface area contributed by atoms with Crippen LogP contribution in [0.3, 0.4) is 0 Å². The van der Waals surface area contributed by atoms with Crippen molar-refractivity contribution in [1.82, 2.24) is 25.6 Å². The molecule has 1 amide bonds. The molecule has 3 rings (SSSR count). The lowest BCUT2D eigenvalue weighted by molar-refractivity contribution is 0.0930. The third-order valence-corrected chi connectivity index (χ3v) is 4.16. The molecule has 1 aromatic carbocycles. The second-order valence-corrected chi connectivity index (χ2v) is 6.96. The maximum Gasteiger partial charge on any atom is 0.273 e. The van der Waals surface area contributed by atoms with Crippen molar-refractivity contribution in [2.45, 2.75) is 39.4 Å². The molecule has 0 saturated carbocycles. The molecular weight excluding hydrogens is 342 g/mol. The number of rotatable bonds is 8. The van der Waals surface area contributed by atoms with Crippen molar-refractivity contribution in [2.75, 3.05) is 7.05 Å². The van der Waals surface area contributed by atoms with Crippen molar-refractivity contribution in [1.29, 1.82) is 0 Å². The predicted octanol–water partition coefficient (Wildman–Crippen LogP) is 2.70. The number of nitrogens with zero attached hydrogens (tertiary/aromatic N) is 3. The van der Waals surface area contributed by atoms with Gasteiger partial charge in [0, 0.05) is 30.8 Å². The van der Waals surface area contributed by atoms with Gasteiger partial charge in [0.05, 0.1) is 12.2 Å². The molecule has 2 aromatic heterocycles. The highest BCUT2D eigenvalue weighted by molar-refractivity contribution is 5.92. The Bertz CT molecular complexity index is 871. The molecule has 0 saturated heterocycles. The van der Waals surface area contributed by atoms with E-state index in [9.17, 15) is 4.79 Å². The average Bonchev–Trinajstić information content (AvgIpc) is 3.24. The number of aromatic amines is 1. The Kier molecular flexibility index (Phi) is 6.03. The number of aryl methyl sites for hydroxylation is 1. The van der Waals surface area contributed by atoms with Gasteiger partial charge in [0.1, 0.15) is 0 Å². The minimum absolute atomic E-state index is 0.0545. The number of nitrogens with one attached hydrogen (secondary N) is 2. The Hall–Kier alpha value is -2.93. The first-order valence-electron chi connectivity index (χ1n) is 8.99. The standard InChI is InChI=1S/C20H25N5O2/c1-14(9-17-10-15(2)22-23-17)21-20(26)19-11-18(27-24-19)13-25(3)12-16-7-5-4-6-8-16/h4-8,10-11,14H,9,12-13H2,1-3H3,(H,21,26)(H,22,23)/t14-/m0/s1. The minimum atomic E-state index is -0.240. The van der Waals surface area contributed by atoms with Crippen LogP contribution in [0.15, 0.2) is 47.0 Å². The van der Waals surface area contributed by atoms with Gasteiger partial charge in [-0.3, -0.25) is 14.8 Å². The van der Waals surface area contributed by atoms with Crippen LogP contribution < -0.4 is 5.32 Å². The highest BCUT2D eigenvalue weighted by Crippen LogP contribution is 2.10. The number of hydrogen-bond acceptors (Lipinski definition) is 5. The van der Waals surface area contributed by atoms with E-state index in [1.54, 1.807) is 6.07 Å². The molecule has 0 spiro atoms. The molecular formula is C20H25N5O2. The van der Waals surface area contributed by atoms with Crippen LogP contribution >= 0.6 is 0 Å². The van der Waals surface area contributed by atoms with Gasteiger partial charge in [-0.2, -0.15) is 5.10 Å². The van der Waals surface area contributed by atoms with E-state index >= 15 is 0 Å². The fourth-order valence-electron chi connectivity index (χ4n) is 2.95. The van der Waals surface area contributed by atoms with Crippen LogP contribution in [-0.4, -0.2) is 39.3 Å². The van der Waals surface area contributed by atoms with Crippen molar-refractivity contribution in [3.8, 4) is 0 Å². The second-order valence-electron chi connectivity index (χ2n) is 6.96. The van der Waals surface area contributed by atoms with E-state index in [2.05, 4.69) is 37.7 Å². The van der Waals surface area contributed by atoms with E-state index in [0.717, 1.165) is 17.9 Å². The third kappa shape index (κ3) is 5.52. The Labute approximate surface area is 158 Å². The molecule has 27 heavy (non-hydrogen) atoms. The lowest BCUT2D eigenvalue weighted by Gasteiger charge is -2.14. The topological polar surface area (TPSA) is 87.1 Å². The van der Waals surface area contributed by atoms with Gasteiger partial charge in [0.2, 0.25) is 0 Å². The average molecular weight is 367 g/mol. The van der Waals surface area contributed by atoms with Gasteiger partial charge in [0.25, 0.3) is 5.91 Å². The molecule has 7 heteroatoms. The van der Waals surface area contributed by atoms with Gasteiger partial charge < -0.3 is 9.84 Å². The normalized spacial score (nSPS) is 12.3. The van der Waals surface area contributed by atoms with Gasteiger partial charge in [-0.25, -0.2) is 0 Å². The first-order chi connectivity index (χ1) is 13.0. The van der Waals surface area contributed by atoms with Gasteiger partial charge in [-0.15, -0.1) is 0 Å². The highest BCUT2D eigenvalue weighted by Gasteiger charge is 2.16. The van der Waals surface area contributed by atoms with Gasteiger partial charge in [-0.1, -0.05) is 35.5 Å². The molecule has 0 aliphatic rings. The zero-order chi connectivity index (χ0) is 19.2. The van der Waals surface area contributed by atoms with Crippen LogP contribution in [-0.2, 0) is 19.5 Å². The summed E-state index contributed by atoms with van der Waals surface area (Å²) in [6.07, 6.45) is 0.653. The van der Waals surface area contributed by atoms with E-state index in [0.29, 0.717) is 24.4 Å². The van der Waals surface area contributed by atoms with Gasteiger partial charge in [0.15, 0.2) is 11.5 Å². The SMILES string of the molecule is Cc1cc(C[C@H](C)NC(=O)c2cc(CN(C)Cc3ccccc3)on2)n[nH]1. The quantitative estimate of drug-likeness (QED) is 0.639. The van der Waals surface area contributed by atoms with Crippen LogP contribution in [0.4, 0.5) is 0 Å². The summed E-state index contributed by atoms with van der Waals surface area (Å²) in [5.41, 5.74) is 3.44. The summed E-state index contributed by atoms with van der Waals surface area (Å²) in [5, 5.41) is 13.9. The van der Waals surface area contributed by atoms with Gasteiger partial charge in [-0.05, 0) is 32.5 Å². The molecule has 0 aliphatic heterocycles. The molecule has 0 bridgehead atoms. The van der Waals surface area contributed by atoms with Crippen LogP contribution in [0, 0.1) is 6.92 Å². The summed E-state index contributed by atoms with van der Waals surface area (Å²) in [7, 11) is 2.00. The number of hydrogen-bond donors (Lipinski definition) is 2. The molecule has 3 aromatic rings. The van der Waals surface area contributed by atoms with Crippen molar-refractivity contribution in [3.63, 3.8) is 0 Å². The summed E-state index contributed by atoms with van der Waals surface area (Å²) in [4.78, 5) is 14.5.